The number of hydrogen-bond donors (Lipinski definition) is 0. The average Bonchev–Trinajstić information content (AvgIpc) is 3.47. The first-order chi connectivity index (χ1) is 40.5. The van der Waals surface area contributed by atoms with Crippen molar-refractivity contribution in [2.45, 2.75) is 431 Å². The van der Waals surface area contributed by atoms with Crippen molar-refractivity contribution in [3.05, 3.63) is 24.3 Å². The zero-order chi connectivity index (χ0) is 59.2. The van der Waals surface area contributed by atoms with Crippen molar-refractivity contribution < 1.29 is 28.6 Å². The number of rotatable bonds is 70. The lowest BCUT2D eigenvalue weighted by Gasteiger charge is -2.18. The first-order valence-corrected chi connectivity index (χ1v) is 37.3. The Balaban J connectivity index is 4.25. The number of esters is 3. The summed E-state index contributed by atoms with van der Waals surface area (Å²) in [5, 5.41) is 0. The molecule has 484 valence electrons. The maximum atomic E-state index is 13.0. The number of allylic oxidation sites excluding steroid dienone is 4. The van der Waals surface area contributed by atoms with Crippen LogP contribution in [0.1, 0.15) is 425 Å². The van der Waals surface area contributed by atoms with E-state index in [1.54, 1.807) is 0 Å². The number of hydrogen-bond acceptors (Lipinski definition) is 6. The van der Waals surface area contributed by atoms with Gasteiger partial charge in [0, 0.05) is 19.3 Å². The smallest absolute Gasteiger partial charge is 0.306 e. The second-order valence-corrected chi connectivity index (χ2v) is 25.6. The first kappa shape index (κ1) is 79.9. The van der Waals surface area contributed by atoms with Gasteiger partial charge in [-0.3, -0.25) is 14.4 Å². The molecular formula is C76H144O6. The summed E-state index contributed by atoms with van der Waals surface area (Å²) in [5.74, 6) is -0.840. The molecule has 0 aliphatic heterocycles. The van der Waals surface area contributed by atoms with Gasteiger partial charge in [-0.1, -0.05) is 360 Å². The molecule has 0 bridgehead atoms. The van der Waals surface area contributed by atoms with Gasteiger partial charge < -0.3 is 14.2 Å². The molecule has 0 radical (unpaired) electrons. The van der Waals surface area contributed by atoms with Crippen molar-refractivity contribution in [1.82, 2.24) is 0 Å². The van der Waals surface area contributed by atoms with Crippen molar-refractivity contribution in [3.8, 4) is 0 Å². The molecule has 0 aliphatic rings. The number of carbonyl (C=O) groups is 3. The molecule has 0 aliphatic carbocycles. The van der Waals surface area contributed by atoms with Crippen molar-refractivity contribution >= 4 is 17.9 Å². The standard InChI is InChI=1S/C76H144O6/c1-4-7-10-13-16-19-22-25-28-31-34-35-36-37-38-39-40-41-43-45-48-51-54-57-60-63-66-69-75(78)81-72-73(71-80-74(77)68-65-62-59-56-53-50-47-44-33-30-27-24-21-18-15-12-9-6-3)82-76(79)70-67-64-61-58-55-52-49-46-42-32-29-26-23-20-17-14-11-8-5-2/h26,29-30,33,73H,4-25,27-28,31-32,34-72H2,1-3H3/b29-26-,33-30-. The van der Waals surface area contributed by atoms with Crippen molar-refractivity contribution in [3.63, 3.8) is 0 Å². The van der Waals surface area contributed by atoms with Crippen LogP contribution in [0.3, 0.4) is 0 Å². The second-order valence-electron chi connectivity index (χ2n) is 25.6. The fraction of sp³-hybridized carbons (Fsp3) is 0.908. The van der Waals surface area contributed by atoms with E-state index in [9.17, 15) is 14.4 Å². The fourth-order valence-electron chi connectivity index (χ4n) is 11.6. The van der Waals surface area contributed by atoms with E-state index in [2.05, 4.69) is 45.1 Å². The Labute approximate surface area is 513 Å². The molecule has 0 spiro atoms. The molecule has 1 atom stereocenters. The maximum absolute atomic E-state index is 13.0. The van der Waals surface area contributed by atoms with E-state index in [0.717, 1.165) is 57.8 Å². The van der Waals surface area contributed by atoms with Crippen molar-refractivity contribution in [2.75, 3.05) is 13.2 Å². The Bertz CT molecular complexity index is 1320. The van der Waals surface area contributed by atoms with Gasteiger partial charge in [0.15, 0.2) is 6.10 Å². The molecule has 6 heteroatoms. The third-order valence-electron chi connectivity index (χ3n) is 17.2. The van der Waals surface area contributed by atoms with E-state index >= 15 is 0 Å². The highest BCUT2D eigenvalue weighted by Gasteiger charge is 2.20. The first-order valence-electron chi connectivity index (χ1n) is 37.3. The van der Waals surface area contributed by atoms with Gasteiger partial charge in [-0.15, -0.1) is 0 Å². The SMILES string of the molecule is CCCCCCCC/C=C\CCCCCCCCCCCC(=O)OC(COC(=O)CCCCCCCCC/C=C\CCCCCCCCC)COC(=O)CCCCCCCCCCCCCCCCCCCCCCCCCCCCC. The van der Waals surface area contributed by atoms with Gasteiger partial charge >= 0.3 is 17.9 Å². The Hall–Kier alpha value is -2.11. The molecule has 6 nitrogen and oxygen atoms in total. The van der Waals surface area contributed by atoms with Crippen LogP contribution in [0.4, 0.5) is 0 Å². The average molecular weight is 1150 g/mol. The summed E-state index contributed by atoms with van der Waals surface area (Å²) >= 11 is 0. The van der Waals surface area contributed by atoms with Crippen molar-refractivity contribution in [1.29, 1.82) is 0 Å². The van der Waals surface area contributed by atoms with Crippen LogP contribution in [0.2, 0.25) is 0 Å². The van der Waals surface area contributed by atoms with Crippen LogP contribution >= 0.6 is 0 Å². The highest BCUT2D eigenvalue weighted by molar-refractivity contribution is 5.71. The largest absolute Gasteiger partial charge is 0.462 e. The molecular weight excluding hydrogens is 1010 g/mol. The quantitative estimate of drug-likeness (QED) is 0.0261. The predicted octanol–water partition coefficient (Wildman–Crippen LogP) is 25.7. The van der Waals surface area contributed by atoms with Gasteiger partial charge in [0.2, 0.25) is 0 Å². The lowest BCUT2D eigenvalue weighted by Crippen LogP contribution is -2.30. The molecule has 1 unspecified atom stereocenters. The molecule has 0 heterocycles. The van der Waals surface area contributed by atoms with Crippen LogP contribution < -0.4 is 0 Å². The van der Waals surface area contributed by atoms with Crippen LogP contribution in [0, 0.1) is 0 Å². The monoisotopic (exact) mass is 1150 g/mol. The lowest BCUT2D eigenvalue weighted by atomic mass is 10.0. The number of carbonyl (C=O) groups excluding carboxylic acids is 3. The Morgan fingerprint density at radius 2 is 0.402 bits per heavy atom. The summed E-state index contributed by atoms with van der Waals surface area (Å²) in [7, 11) is 0. The lowest BCUT2D eigenvalue weighted by molar-refractivity contribution is -0.167. The Morgan fingerprint density at radius 3 is 0.610 bits per heavy atom. The van der Waals surface area contributed by atoms with Crippen LogP contribution in [-0.4, -0.2) is 37.2 Å². The van der Waals surface area contributed by atoms with Gasteiger partial charge in [-0.2, -0.15) is 0 Å². The van der Waals surface area contributed by atoms with Crippen LogP contribution in [0.5, 0.6) is 0 Å². The third kappa shape index (κ3) is 68.7. The van der Waals surface area contributed by atoms with Gasteiger partial charge in [0.1, 0.15) is 13.2 Å². The summed E-state index contributed by atoms with van der Waals surface area (Å²) in [6, 6.07) is 0. The molecule has 0 aromatic heterocycles. The van der Waals surface area contributed by atoms with Crippen LogP contribution in [0.25, 0.3) is 0 Å². The van der Waals surface area contributed by atoms with E-state index in [4.69, 9.17) is 14.2 Å². The maximum Gasteiger partial charge on any atom is 0.306 e. The minimum absolute atomic E-state index is 0.0676. The summed E-state index contributed by atoms with van der Waals surface area (Å²) < 4.78 is 17.0. The fourth-order valence-corrected chi connectivity index (χ4v) is 11.6. The van der Waals surface area contributed by atoms with E-state index in [1.807, 2.05) is 0 Å². The Kier molecular flexibility index (Phi) is 69.5. The zero-order valence-electron chi connectivity index (χ0n) is 55.8. The van der Waals surface area contributed by atoms with Gasteiger partial charge in [0.05, 0.1) is 0 Å². The number of unbranched alkanes of at least 4 members (excludes halogenated alkanes) is 55. The molecule has 0 rings (SSSR count). The molecule has 0 saturated carbocycles. The van der Waals surface area contributed by atoms with Crippen molar-refractivity contribution in [2.24, 2.45) is 0 Å². The van der Waals surface area contributed by atoms with E-state index in [1.165, 1.54) is 327 Å². The molecule has 0 N–H and O–H groups in total. The van der Waals surface area contributed by atoms with Crippen LogP contribution in [0.15, 0.2) is 24.3 Å². The van der Waals surface area contributed by atoms with Gasteiger partial charge in [-0.25, -0.2) is 0 Å². The molecule has 0 fully saturated rings. The summed E-state index contributed by atoms with van der Waals surface area (Å²) in [6.07, 6.45) is 87.9. The van der Waals surface area contributed by atoms with E-state index < -0.39 is 6.10 Å². The summed E-state index contributed by atoms with van der Waals surface area (Å²) in [6.45, 7) is 6.72. The minimum Gasteiger partial charge on any atom is -0.462 e. The Morgan fingerprint density at radius 1 is 0.232 bits per heavy atom. The summed E-state index contributed by atoms with van der Waals surface area (Å²) in [5.41, 5.74) is 0. The second kappa shape index (κ2) is 71.4. The molecule has 82 heavy (non-hydrogen) atoms. The van der Waals surface area contributed by atoms with Crippen LogP contribution in [-0.2, 0) is 28.6 Å². The van der Waals surface area contributed by atoms with E-state index in [0.29, 0.717) is 19.3 Å². The highest BCUT2D eigenvalue weighted by atomic mass is 16.6. The minimum atomic E-state index is -0.773. The van der Waals surface area contributed by atoms with E-state index in [-0.39, 0.29) is 31.1 Å². The van der Waals surface area contributed by atoms with Gasteiger partial charge in [-0.05, 0) is 70.6 Å². The molecule has 0 saturated heterocycles. The molecule has 0 aromatic rings. The molecule has 0 amide bonds. The number of ether oxygens (including phenoxy) is 3. The van der Waals surface area contributed by atoms with Gasteiger partial charge in [0.25, 0.3) is 0 Å². The molecule has 0 aromatic carbocycles. The third-order valence-corrected chi connectivity index (χ3v) is 17.2. The zero-order valence-corrected chi connectivity index (χ0v) is 55.8. The normalized spacial score (nSPS) is 12.1. The topological polar surface area (TPSA) is 78.9 Å². The summed E-state index contributed by atoms with van der Waals surface area (Å²) in [4.78, 5) is 38.5. The predicted molar refractivity (Wildman–Crippen MR) is 358 cm³/mol. The highest BCUT2D eigenvalue weighted by Crippen LogP contribution is 2.19.